The first-order valence-electron chi connectivity index (χ1n) is 9.61. The Bertz CT molecular complexity index is 710. The van der Waals surface area contributed by atoms with Crippen LogP contribution in [0.25, 0.3) is 0 Å². The number of methoxy groups -OCH3 is 1. The Kier molecular flexibility index (Phi) is 12.9. The number of guanidine groups is 1. The van der Waals surface area contributed by atoms with Crippen LogP contribution in [0.3, 0.4) is 0 Å². The minimum Gasteiger partial charge on any atom is -0.493 e. The zero-order valence-electron chi connectivity index (χ0n) is 17.7. The van der Waals surface area contributed by atoms with Gasteiger partial charge in [0.1, 0.15) is 5.75 Å². The quantitative estimate of drug-likeness (QED) is 0.194. The second kappa shape index (κ2) is 14.6. The van der Waals surface area contributed by atoms with E-state index in [1.54, 1.807) is 18.4 Å². The summed E-state index contributed by atoms with van der Waals surface area (Å²) in [5.41, 5.74) is 0.946. The van der Waals surface area contributed by atoms with Gasteiger partial charge in [-0.25, -0.2) is 0 Å². The fourth-order valence-corrected chi connectivity index (χ4v) is 3.58. The van der Waals surface area contributed by atoms with E-state index in [9.17, 15) is 0 Å². The third-order valence-corrected chi connectivity index (χ3v) is 5.09. The molecule has 1 atom stereocenters. The Balaban J connectivity index is 0.00000420. The van der Waals surface area contributed by atoms with Gasteiger partial charge in [-0.1, -0.05) is 12.1 Å². The summed E-state index contributed by atoms with van der Waals surface area (Å²) < 4.78 is 10.8. The van der Waals surface area contributed by atoms with Crippen molar-refractivity contribution < 1.29 is 9.47 Å². The molecule has 1 heterocycles. The van der Waals surface area contributed by atoms with E-state index in [0.717, 1.165) is 30.4 Å². The number of likely N-dealkylation sites (N-methyl/N-ethyl adjacent to an activating group) is 1. The maximum Gasteiger partial charge on any atom is 0.195 e. The first-order valence-corrected chi connectivity index (χ1v) is 10.5. The first-order chi connectivity index (χ1) is 13.6. The molecule has 1 unspecified atom stereocenters. The zero-order chi connectivity index (χ0) is 20.2. The summed E-state index contributed by atoms with van der Waals surface area (Å²) in [4.78, 5) is 8.32. The highest BCUT2D eigenvalue weighted by Crippen LogP contribution is 2.23. The molecule has 0 fully saturated rings. The van der Waals surface area contributed by atoms with Gasteiger partial charge < -0.3 is 25.0 Å². The van der Waals surface area contributed by atoms with Crippen LogP contribution in [-0.4, -0.2) is 58.4 Å². The molecular weight excluding hydrogens is 499 g/mol. The molecular formula is C21H33IN4O2S. The standard InChI is InChI=1S/C21H32N4O2S.HI/c1-5-22-21(23-16-19(25(2)3)20-11-7-14-28-20)24-17-9-6-10-18(15-17)27-13-8-12-26-4;/h6-7,9-11,14-15,19H,5,8,12-13,16H2,1-4H3,(H2,22,23,24);1H. The smallest absolute Gasteiger partial charge is 0.195 e. The van der Waals surface area contributed by atoms with Gasteiger partial charge in [0.05, 0.1) is 19.2 Å². The van der Waals surface area contributed by atoms with Gasteiger partial charge in [0.25, 0.3) is 0 Å². The molecule has 0 amide bonds. The van der Waals surface area contributed by atoms with E-state index in [2.05, 4.69) is 54.1 Å². The molecule has 0 spiro atoms. The van der Waals surface area contributed by atoms with Crippen LogP contribution in [0.1, 0.15) is 24.3 Å². The van der Waals surface area contributed by atoms with Crippen LogP contribution in [-0.2, 0) is 4.74 Å². The van der Waals surface area contributed by atoms with Crippen LogP contribution in [0, 0.1) is 0 Å². The Morgan fingerprint density at radius 1 is 1.21 bits per heavy atom. The van der Waals surface area contributed by atoms with Gasteiger partial charge in [-0.15, -0.1) is 35.3 Å². The number of anilines is 1. The number of nitrogens with one attached hydrogen (secondary N) is 2. The molecule has 2 N–H and O–H groups in total. The van der Waals surface area contributed by atoms with Crippen LogP contribution < -0.4 is 15.4 Å². The third-order valence-electron chi connectivity index (χ3n) is 4.12. The Morgan fingerprint density at radius 3 is 2.69 bits per heavy atom. The Labute approximate surface area is 195 Å². The summed E-state index contributed by atoms with van der Waals surface area (Å²) >= 11 is 1.76. The van der Waals surface area contributed by atoms with E-state index in [-0.39, 0.29) is 30.0 Å². The number of hydrogen-bond acceptors (Lipinski definition) is 5. The van der Waals surface area contributed by atoms with Crippen molar-refractivity contribution in [2.24, 2.45) is 4.99 Å². The van der Waals surface area contributed by atoms with E-state index in [4.69, 9.17) is 14.5 Å². The van der Waals surface area contributed by atoms with E-state index in [1.165, 1.54) is 4.88 Å². The number of benzene rings is 1. The normalized spacial score (nSPS) is 12.4. The third kappa shape index (κ3) is 9.33. The summed E-state index contributed by atoms with van der Waals surface area (Å²) in [5.74, 6) is 1.60. The summed E-state index contributed by atoms with van der Waals surface area (Å²) in [6.45, 7) is 4.87. The maximum absolute atomic E-state index is 5.78. The Hall–Kier alpha value is -1.36. The number of aliphatic imine (C=N–C) groups is 1. The number of nitrogens with zero attached hydrogens (tertiary/aromatic N) is 2. The summed E-state index contributed by atoms with van der Waals surface area (Å²) in [7, 11) is 5.88. The molecule has 0 saturated carbocycles. The summed E-state index contributed by atoms with van der Waals surface area (Å²) in [5, 5.41) is 8.81. The molecule has 0 saturated heterocycles. The van der Waals surface area contributed by atoms with Gasteiger partial charge >= 0.3 is 0 Å². The molecule has 0 aliphatic rings. The summed E-state index contributed by atoms with van der Waals surface area (Å²) in [6.07, 6.45) is 0.868. The molecule has 29 heavy (non-hydrogen) atoms. The molecule has 162 valence electrons. The van der Waals surface area contributed by atoms with E-state index < -0.39 is 0 Å². The highest BCUT2D eigenvalue weighted by Gasteiger charge is 2.15. The number of rotatable bonds is 11. The molecule has 0 aliphatic heterocycles. The van der Waals surface area contributed by atoms with Crippen molar-refractivity contribution in [3.8, 4) is 5.75 Å². The number of thiophene rings is 1. The molecule has 2 rings (SSSR count). The lowest BCUT2D eigenvalue weighted by atomic mass is 10.2. The van der Waals surface area contributed by atoms with Crippen molar-refractivity contribution in [2.45, 2.75) is 19.4 Å². The fourth-order valence-electron chi connectivity index (χ4n) is 2.67. The van der Waals surface area contributed by atoms with Gasteiger partial charge in [0.15, 0.2) is 5.96 Å². The molecule has 1 aromatic carbocycles. The first kappa shape index (κ1) is 25.7. The van der Waals surface area contributed by atoms with Crippen LogP contribution in [0.5, 0.6) is 5.75 Å². The second-order valence-electron chi connectivity index (χ2n) is 6.56. The van der Waals surface area contributed by atoms with Gasteiger partial charge in [-0.2, -0.15) is 0 Å². The van der Waals surface area contributed by atoms with Crippen molar-refractivity contribution in [3.63, 3.8) is 0 Å². The SMILES string of the molecule is CCNC(=NCC(c1cccs1)N(C)C)Nc1cccc(OCCCOC)c1.I. The molecule has 0 radical (unpaired) electrons. The molecule has 0 bridgehead atoms. The maximum atomic E-state index is 5.78. The van der Waals surface area contributed by atoms with E-state index in [1.807, 2.05) is 24.3 Å². The number of ether oxygens (including phenoxy) is 2. The van der Waals surface area contributed by atoms with Gasteiger partial charge in [0, 0.05) is 43.3 Å². The monoisotopic (exact) mass is 532 g/mol. The zero-order valence-corrected chi connectivity index (χ0v) is 20.8. The highest BCUT2D eigenvalue weighted by atomic mass is 127. The topological polar surface area (TPSA) is 58.1 Å². The highest BCUT2D eigenvalue weighted by molar-refractivity contribution is 14.0. The Morgan fingerprint density at radius 2 is 2.03 bits per heavy atom. The second-order valence-corrected chi connectivity index (χ2v) is 7.54. The lowest BCUT2D eigenvalue weighted by molar-refractivity contribution is 0.172. The van der Waals surface area contributed by atoms with Crippen molar-refractivity contribution >= 4 is 47.0 Å². The van der Waals surface area contributed by atoms with Crippen LogP contribution in [0.15, 0.2) is 46.8 Å². The van der Waals surface area contributed by atoms with Crippen LogP contribution in [0.2, 0.25) is 0 Å². The number of halogens is 1. The lowest BCUT2D eigenvalue weighted by Gasteiger charge is -2.22. The van der Waals surface area contributed by atoms with Gasteiger partial charge in [0.2, 0.25) is 0 Å². The van der Waals surface area contributed by atoms with Crippen LogP contribution >= 0.6 is 35.3 Å². The average Bonchev–Trinajstić information content (AvgIpc) is 3.20. The van der Waals surface area contributed by atoms with E-state index >= 15 is 0 Å². The summed E-state index contributed by atoms with van der Waals surface area (Å²) in [6, 6.07) is 12.4. The molecule has 2 aromatic rings. The van der Waals surface area contributed by atoms with Crippen molar-refractivity contribution in [1.82, 2.24) is 10.2 Å². The van der Waals surface area contributed by atoms with E-state index in [0.29, 0.717) is 19.8 Å². The van der Waals surface area contributed by atoms with Crippen molar-refractivity contribution in [1.29, 1.82) is 0 Å². The minimum absolute atomic E-state index is 0. The molecule has 0 aliphatic carbocycles. The van der Waals surface area contributed by atoms with Crippen molar-refractivity contribution in [3.05, 3.63) is 46.7 Å². The molecule has 8 heteroatoms. The minimum atomic E-state index is 0. The largest absolute Gasteiger partial charge is 0.493 e. The van der Waals surface area contributed by atoms with Crippen molar-refractivity contribution in [2.75, 3.05) is 52.8 Å². The predicted octanol–water partition coefficient (Wildman–Crippen LogP) is 4.46. The number of hydrogen-bond donors (Lipinski definition) is 2. The predicted molar refractivity (Wildman–Crippen MR) is 134 cm³/mol. The van der Waals surface area contributed by atoms with Gasteiger partial charge in [-0.3, -0.25) is 4.99 Å². The molecule has 1 aromatic heterocycles. The molecule has 6 nitrogen and oxygen atoms in total. The average molecular weight is 532 g/mol. The van der Waals surface area contributed by atoms with Crippen LogP contribution in [0.4, 0.5) is 5.69 Å². The lowest BCUT2D eigenvalue weighted by Crippen LogP contribution is -2.32. The van der Waals surface area contributed by atoms with Gasteiger partial charge in [-0.05, 0) is 44.6 Å². The fraction of sp³-hybridized carbons (Fsp3) is 0.476.